The lowest BCUT2D eigenvalue weighted by Crippen LogP contribution is -1.83. The Hall–Kier alpha value is -1.04. The van der Waals surface area contributed by atoms with Crippen molar-refractivity contribution in [3.05, 3.63) is 49.6 Å². The number of hydrogen-bond acceptors (Lipinski definition) is 0. The molecule has 0 heterocycles. The van der Waals surface area contributed by atoms with Crippen LogP contribution < -0.4 is 0 Å². The third-order valence-electron chi connectivity index (χ3n) is 1.62. The molecule has 12 heavy (non-hydrogen) atoms. The average molecular weight is 162 g/mol. The van der Waals surface area contributed by atoms with E-state index in [1.54, 1.807) is 6.08 Å². The van der Waals surface area contributed by atoms with Gasteiger partial charge in [-0.1, -0.05) is 50.0 Å². The minimum absolute atomic E-state index is 0.588. The van der Waals surface area contributed by atoms with Crippen LogP contribution in [0.2, 0.25) is 0 Å². The van der Waals surface area contributed by atoms with Crippen LogP contribution in [0, 0.1) is 5.92 Å². The molecule has 0 aromatic heterocycles. The predicted molar refractivity (Wildman–Crippen MR) is 57.1 cm³/mol. The molecule has 0 aromatic carbocycles. The zero-order valence-electron chi connectivity index (χ0n) is 7.87. The standard InChI is InChI=1S/C12H18/c1-4-6-7-8-9-10-11-12(3)5-2/h4-7,9-10,12H,1-2,8,11H2,3H3. The molecule has 0 aliphatic carbocycles. The summed E-state index contributed by atoms with van der Waals surface area (Å²) in [6, 6.07) is 0. The molecule has 1 atom stereocenters. The van der Waals surface area contributed by atoms with Gasteiger partial charge in [-0.3, -0.25) is 0 Å². The fraction of sp³-hybridized carbons (Fsp3) is 0.333. The largest absolute Gasteiger partial charge is 0.103 e. The van der Waals surface area contributed by atoms with Gasteiger partial charge in [0.15, 0.2) is 0 Å². The molecule has 0 bridgehead atoms. The van der Waals surface area contributed by atoms with Crippen molar-refractivity contribution in [2.75, 3.05) is 0 Å². The van der Waals surface area contributed by atoms with Gasteiger partial charge < -0.3 is 0 Å². The van der Waals surface area contributed by atoms with Gasteiger partial charge in [-0.05, 0) is 18.8 Å². The third kappa shape index (κ3) is 7.07. The first-order chi connectivity index (χ1) is 5.81. The zero-order chi connectivity index (χ0) is 9.23. The second kappa shape index (κ2) is 8.06. The lowest BCUT2D eigenvalue weighted by molar-refractivity contribution is 0.745. The van der Waals surface area contributed by atoms with E-state index in [2.05, 4.69) is 38.3 Å². The van der Waals surface area contributed by atoms with E-state index in [0.29, 0.717) is 5.92 Å². The Bertz CT molecular complexity index is 172. The summed E-state index contributed by atoms with van der Waals surface area (Å²) in [5.41, 5.74) is 0. The van der Waals surface area contributed by atoms with Crippen molar-refractivity contribution in [2.24, 2.45) is 5.92 Å². The molecule has 0 saturated heterocycles. The Morgan fingerprint density at radius 3 is 2.50 bits per heavy atom. The monoisotopic (exact) mass is 162 g/mol. The molecule has 0 nitrogen and oxygen atoms in total. The molecule has 1 unspecified atom stereocenters. The molecule has 0 N–H and O–H groups in total. The van der Waals surface area contributed by atoms with Crippen LogP contribution in [0.25, 0.3) is 0 Å². The topological polar surface area (TPSA) is 0 Å². The van der Waals surface area contributed by atoms with E-state index in [1.165, 1.54) is 0 Å². The van der Waals surface area contributed by atoms with Gasteiger partial charge in [-0.15, -0.1) is 6.58 Å². The Kier molecular flexibility index (Phi) is 7.36. The quantitative estimate of drug-likeness (QED) is 0.410. The minimum Gasteiger partial charge on any atom is -0.103 e. The molecule has 0 radical (unpaired) electrons. The van der Waals surface area contributed by atoms with E-state index in [9.17, 15) is 0 Å². The predicted octanol–water partition coefficient (Wildman–Crippen LogP) is 3.89. The van der Waals surface area contributed by atoms with E-state index >= 15 is 0 Å². The summed E-state index contributed by atoms with van der Waals surface area (Å²) in [5.74, 6) is 0.588. The highest BCUT2D eigenvalue weighted by molar-refractivity contribution is 5.01. The van der Waals surface area contributed by atoms with Gasteiger partial charge in [0.2, 0.25) is 0 Å². The summed E-state index contributed by atoms with van der Waals surface area (Å²) in [5, 5.41) is 0. The van der Waals surface area contributed by atoms with Gasteiger partial charge >= 0.3 is 0 Å². The first kappa shape index (κ1) is 11.0. The van der Waals surface area contributed by atoms with Crippen molar-refractivity contribution < 1.29 is 0 Å². The highest BCUT2D eigenvalue weighted by Crippen LogP contribution is 2.03. The van der Waals surface area contributed by atoms with Crippen LogP contribution in [0.3, 0.4) is 0 Å². The second-order valence-electron chi connectivity index (χ2n) is 2.82. The number of allylic oxidation sites excluding steroid dienone is 6. The molecule has 0 fully saturated rings. The van der Waals surface area contributed by atoms with Gasteiger partial charge in [0.1, 0.15) is 0 Å². The van der Waals surface area contributed by atoms with Crippen molar-refractivity contribution in [3.8, 4) is 0 Å². The Morgan fingerprint density at radius 2 is 1.92 bits per heavy atom. The van der Waals surface area contributed by atoms with Crippen molar-refractivity contribution >= 4 is 0 Å². The van der Waals surface area contributed by atoms with Crippen molar-refractivity contribution in [3.63, 3.8) is 0 Å². The smallest absolute Gasteiger partial charge is 0.0166 e. The van der Waals surface area contributed by atoms with Crippen LogP contribution in [0.15, 0.2) is 49.6 Å². The van der Waals surface area contributed by atoms with Gasteiger partial charge in [0.25, 0.3) is 0 Å². The lowest BCUT2D eigenvalue weighted by Gasteiger charge is -1.97. The summed E-state index contributed by atoms with van der Waals surface area (Å²) in [6.45, 7) is 9.49. The van der Waals surface area contributed by atoms with E-state index in [0.717, 1.165) is 12.8 Å². The Labute approximate surface area is 76.0 Å². The number of hydrogen-bond donors (Lipinski definition) is 0. The molecule has 0 aromatic rings. The van der Waals surface area contributed by atoms with Gasteiger partial charge in [0, 0.05) is 0 Å². The van der Waals surface area contributed by atoms with Crippen LogP contribution in [0.5, 0.6) is 0 Å². The van der Waals surface area contributed by atoms with Gasteiger partial charge in [-0.25, -0.2) is 0 Å². The van der Waals surface area contributed by atoms with Crippen LogP contribution in [0.1, 0.15) is 19.8 Å². The maximum atomic E-state index is 3.73. The molecular formula is C12H18. The SMILES string of the molecule is C=CC=CCC=CCC(C)C=C. The van der Waals surface area contributed by atoms with Crippen LogP contribution in [0.4, 0.5) is 0 Å². The zero-order valence-corrected chi connectivity index (χ0v) is 7.87. The van der Waals surface area contributed by atoms with Gasteiger partial charge in [-0.2, -0.15) is 0 Å². The molecule has 0 spiro atoms. The molecule has 0 amide bonds. The van der Waals surface area contributed by atoms with Crippen molar-refractivity contribution in [1.82, 2.24) is 0 Å². The van der Waals surface area contributed by atoms with E-state index in [-0.39, 0.29) is 0 Å². The maximum absolute atomic E-state index is 3.73. The lowest BCUT2D eigenvalue weighted by atomic mass is 10.1. The molecule has 0 rings (SSSR count). The van der Waals surface area contributed by atoms with E-state index < -0.39 is 0 Å². The minimum atomic E-state index is 0.588. The van der Waals surface area contributed by atoms with Crippen molar-refractivity contribution in [1.29, 1.82) is 0 Å². The fourth-order valence-electron chi connectivity index (χ4n) is 0.757. The highest BCUT2D eigenvalue weighted by atomic mass is 13.9. The van der Waals surface area contributed by atoms with Crippen LogP contribution in [-0.2, 0) is 0 Å². The van der Waals surface area contributed by atoms with Crippen LogP contribution in [-0.4, -0.2) is 0 Å². The molecule has 0 aliphatic heterocycles. The number of rotatable bonds is 6. The van der Waals surface area contributed by atoms with Crippen LogP contribution >= 0.6 is 0 Å². The molecule has 0 aliphatic rings. The van der Waals surface area contributed by atoms with E-state index in [1.807, 2.05) is 12.2 Å². The third-order valence-corrected chi connectivity index (χ3v) is 1.62. The summed E-state index contributed by atoms with van der Waals surface area (Å²) in [7, 11) is 0. The fourth-order valence-corrected chi connectivity index (χ4v) is 0.757. The normalized spacial score (nSPS) is 13.8. The first-order valence-electron chi connectivity index (χ1n) is 4.36. The average Bonchev–Trinajstić information content (AvgIpc) is 2.10. The Balaban J connectivity index is 3.42. The Morgan fingerprint density at radius 1 is 1.17 bits per heavy atom. The van der Waals surface area contributed by atoms with E-state index in [4.69, 9.17) is 0 Å². The summed E-state index contributed by atoms with van der Waals surface area (Å²) in [6.07, 6.45) is 14.3. The summed E-state index contributed by atoms with van der Waals surface area (Å²) < 4.78 is 0. The summed E-state index contributed by atoms with van der Waals surface area (Å²) in [4.78, 5) is 0. The van der Waals surface area contributed by atoms with Gasteiger partial charge in [0.05, 0.1) is 0 Å². The van der Waals surface area contributed by atoms with Crippen molar-refractivity contribution in [2.45, 2.75) is 19.8 Å². The molecule has 66 valence electrons. The second-order valence-corrected chi connectivity index (χ2v) is 2.82. The molecule has 0 saturated carbocycles. The first-order valence-corrected chi connectivity index (χ1v) is 4.36. The molecule has 0 heteroatoms. The summed E-state index contributed by atoms with van der Waals surface area (Å²) >= 11 is 0. The molecular weight excluding hydrogens is 144 g/mol. The maximum Gasteiger partial charge on any atom is -0.0166 e. The highest BCUT2D eigenvalue weighted by Gasteiger charge is 1.88.